The number of hydrogen-bond acceptors (Lipinski definition) is 2. The van der Waals surface area contributed by atoms with Gasteiger partial charge in [0, 0.05) is 0 Å². The van der Waals surface area contributed by atoms with E-state index in [1.165, 1.54) is 0 Å². The van der Waals surface area contributed by atoms with E-state index in [1.54, 1.807) is 12.2 Å². The number of azo groups is 1. The molecule has 3 heteroatoms. The lowest BCUT2D eigenvalue weighted by molar-refractivity contribution is 0.994. The van der Waals surface area contributed by atoms with Gasteiger partial charge in [-0.2, -0.15) is 5.11 Å². The minimum atomic E-state index is 0.367. The van der Waals surface area contributed by atoms with Gasteiger partial charge in [-0.05, 0) is 13.0 Å². The van der Waals surface area contributed by atoms with E-state index in [2.05, 4.69) is 16.8 Å². The molecule has 0 aromatic heterocycles. The van der Waals surface area contributed by atoms with Gasteiger partial charge in [0.15, 0.2) is 5.16 Å². The van der Waals surface area contributed by atoms with Crippen molar-refractivity contribution in [3.05, 3.63) is 23.9 Å². The Balaban J connectivity index is 3.74. The number of nitrogens with zero attached hydrogens (tertiary/aromatic N) is 2. The van der Waals surface area contributed by atoms with Gasteiger partial charge in [-0.15, -0.1) is 5.11 Å². The maximum Gasteiger partial charge on any atom is 0.151 e. The highest BCUT2D eigenvalue weighted by atomic mass is 35.5. The van der Waals surface area contributed by atoms with Crippen molar-refractivity contribution in [1.82, 2.24) is 0 Å². The molecule has 0 saturated heterocycles. The van der Waals surface area contributed by atoms with Gasteiger partial charge >= 0.3 is 0 Å². The number of halogens is 1. The summed E-state index contributed by atoms with van der Waals surface area (Å²) in [5.41, 5.74) is 0. The Bertz CT molecular complexity index is 138. The summed E-state index contributed by atoms with van der Waals surface area (Å²) in [7, 11) is 0. The van der Waals surface area contributed by atoms with Crippen molar-refractivity contribution in [3.8, 4) is 0 Å². The summed E-state index contributed by atoms with van der Waals surface area (Å²) in [5, 5.41) is 7.65. The van der Waals surface area contributed by atoms with Gasteiger partial charge in [0.25, 0.3) is 0 Å². The number of rotatable bonds is 3. The fraction of sp³-hybridized carbons (Fsp3) is 0.333. The molecule has 0 aromatic rings. The molecule has 0 aliphatic rings. The topological polar surface area (TPSA) is 24.7 Å². The molecule has 0 atom stereocenters. The summed E-state index contributed by atoms with van der Waals surface area (Å²) < 4.78 is 0. The molecule has 0 bridgehead atoms. The Morgan fingerprint density at radius 3 is 2.89 bits per heavy atom. The fourth-order valence-electron chi connectivity index (χ4n) is 0.269. The third-order valence-electron chi connectivity index (χ3n) is 0.563. The highest BCUT2D eigenvalue weighted by Gasteiger charge is 1.79. The predicted octanol–water partition coefficient (Wildman–Crippen LogP) is 2.72. The van der Waals surface area contributed by atoms with Crippen LogP contribution in [0.5, 0.6) is 0 Å². The van der Waals surface area contributed by atoms with Crippen molar-refractivity contribution < 1.29 is 0 Å². The minimum Gasteiger partial charge on any atom is -0.188 e. The highest BCUT2D eigenvalue weighted by Crippen LogP contribution is 2.02. The molecule has 0 radical (unpaired) electrons. The van der Waals surface area contributed by atoms with Crippen molar-refractivity contribution >= 4 is 11.6 Å². The molecule has 0 amide bonds. The van der Waals surface area contributed by atoms with Gasteiger partial charge in [-0.1, -0.05) is 24.3 Å². The summed E-state index contributed by atoms with van der Waals surface area (Å²) >= 11 is 5.49. The van der Waals surface area contributed by atoms with E-state index in [-0.39, 0.29) is 0 Å². The van der Waals surface area contributed by atoms with Crippen LogP contribution in [0.4, 0.5) is 0 Å². The molecular formula is C6H9ClN2. The van der Waals surface area contributed by atoms with Crippen molar-refractivity contribution in [2.45, 2.75) is 6.92 Å². The van der Waals surface area contributed by atoms with E-state index in [0.29, 0.717) is 11.7 Å². The Kier molecular flexibility index (Phi) is 5.12. The summed E-state index contributed by atoms with van der Waals surface area (Å²) in [6, 6.07) is 0. The van der Waals surface area contributed by atoms with Crippen molar-refractivity contribution in [2.75, 3.05) is 6.54 Å². The van der Waals surface area contributed by atoms with Gasteiger partial charge in [-0.3, -0.25) is 0 Å². The predicted molar refractivity (Wildman–Crippen MR) is 39.5 cm³/mol. The molecule has 2 nitrogen and oxygen atoms in total. The van der Waals surface area contributed by atoms with Crippen LogP contribution in [0.3, 0.4) is 0 Å². The van der Waals surface area contributed by atoms with Gasteiger partial charge < -0.3 is 0 Å². The van der Waals surface area contributed by atoms with Crippen molar-refractivity contribution in [2.24, 2.45) is 10.2 Å². The Labute approximate surface area is 59.9 Å². The number of hydrogen-bond donors (Lipinski definition) is 0. The molecule has 0 aromatic carbocycles. The van der Waals surface area contributed by atoms with Gasteiger partial charge in [-0.25, -0.2) is 0 Å². The van der Waals surface area contributed by atoms with E-state index in [0.717, 1.165) is 0 Å². The first-order valence-corrected chi connectivity index (χ1v) is 3.04. The van der Waals surface area contributed by atoms with Crippen molar-refractivity contribution in [1.29, 1.82) is 0 Å². The zero-order valence-corrected chi connectivity index (χ0v) is 6.10. The molecule has 50 valence electrons. The maximum atomic E-state index is 5.49. The quantitative estimate of drug-likeness (QED) is 0.331. The first-order chi connectivity index (χ1) is 4.31. The van der Waals surface area contributed by atoms with Gasteiger partial charge in [0.2, 0.25) is 0 Å². The van der Waals surface area contributed by atoms with Gasteiger partial charge in [0.05, 0.1) is 6.54 Å². The average Bonchev–Trinajstić information content (AvgIpc) is 1.85. The van der Waals surface area contributed by atoms with Crippen LogP contribution in [0.15, 0.2) is 34.1 Å². The first-order valence-electron chi connectivity index (χ1n) is 2.67. The first kappa shape index (κ1) is 8.37. The fourth-order valence-corrected chi connectivity index (χ4v) is 0.411. The lowest BCUT2D eigenvalue weighted by Gasteiger charge is -1.81. The van der Waals surface area contributed by atoms with E-state index in [9.17, 15) is 0 Å². The lowest BCUT2D eigenvalue weighted by atomic mass is 10.6. The molecule has 0 spiro atoms. The second kappa shape index (κ2) is 5.51. The summed E-state index contributed by atoms with van der Waals surface area (Å²) in [5.74, 6) is 0. The van der Waals surface area contributed by atoms with E-state index in [1.807, 2.05) is 6.92 Å². The SMILES string of the molecule is C=C/C=C(/Cl)N=NCC. The zero-order chi connectivity index (χ0) is 7.11. The third kappa shape index (κ3) is 5.24. The largest absolute Gasteiger partial charge is 0.188 e. The average molecular weight is 145 g/mol. The summed E-state index contributed by atoms with van der Waals surface area (Å²) in [6.45, 7) is 5.99. The second-order valence-corrected chi connectivity index (χ2v) is 1.67. The Morgan fingerprint density at radius 2 is 2.44 bits per heavy atom. The zero-order valence-electron chi connectivity index (χ0n) is 5.34. The summed E-state index contributed by atoms with van der Waals surface area (Å²) in [6.07, 6.45) is 3.15. The molecule has 9 heavy (non-hydrogen) atoms. The molecular weight excluding hydrogens is 136 g/mol. The van der Waals surface area contributed by atoms with Crippen LogP contribution in [0.25, 0.3) is 0 Å². The molecule has 0 aliphatic heterocycles. The second-order valence-electron chi connectivity index (χ2n) is 1.28. The third-order valence-corrected chi connectivity index (χ3v) is 0.765. The van der Waals surface area contributed by atoms with Crippen LogP contribution in [-0.4, -0.2) is 6.54 Å². The van der Waals surface area contributed by atoms with Crippen LogP contribution in [-0.2, 0) is 0 Å². The molecule has 0 heterocycles. The Morgan fingerprint density at radius 1 is 1.78 bits per heavy atom. The molecule has 0 aliphatic carbocycles. The highest BCUT2D eigenvalue weighted by molar-refractivity contribution is 6.29. The van der Waals surface area contributed by atoms with Crippen molar-refractivity contribution in [3.63, 3.8) is 0 Å². The van der Waals surface area contributed by atoms with Crippen LogP contribution >= 0.6 is 11.6 Å². The van der Waals surface area contributed by atoms with Crippen LogP contribution < -0.4 is 0 Å². The molecule has 0 rings (SSSR count). The van der Waals surface area contributed by atoms with Crippen LogP contribution in [0, 0.1) is 0 Å². The Hall–Kier alpha value is -0.630. The molecule has 0 fully saturated rings. The molecule has 0 unspecified atom stereocenters. The molecule has 0 N–H and O–H groups in total. The monoisotopic (exact) mass is 144 g/mol. The van der Waals surface area contributed by atoms with E-state index >= 15 is 0 Å². The van der Waals surface area contributed by atoms with Crippen LogP contribution in [0.1, 0.15) is 6.92 Å². The summed E-state index contributed by atoms with van der Waals surface area (Å²) in [4.78, 5) is 0. The lowest BCUT2D eigenvalue weighted by Crippen LogP contribution is -1.64. The minimum absolute atomic E-state index is 0.367. The standard InChI is InChI=1S/C6H9ClN2/c1-3-5-6(7)9-8-4-2/h3,5H,1,4H2,2H3/b6-5-,9-8?. The van der Waals surface area contributed by atoms with Crippen LogP contribution in [0.2, 0.25) is 0 Å². The maximum absolute atomic E-state index is 5.49. The molecule has 0 saturated carbocycles. The van der Waals surface area contributed by atoms with Gasteiger partial charge in [0.1, 0.15) is 0 Å². The smallest absolute Gasteiger partial charge is 0.151 e. The normalized spacial score (nSPS) is 12.4. The van der Waals surface area contributed by atoms with E-state index in [4.69, 9.17) is 11.6 Å². The number of allylic oxidation sites excluding steroid dienone is 2. The van der Waals surface area contributed by atoms with E-state index < -0.39 is 0 Å².